The molecule has 0 bridgehead atoms. The summed E-state index contributed by atoms with van der Waals surface area (Å²) in [4.78, 5) is 0. The number of nitrogens with one attached hydrogen (secondary N) is 3. The lowest BCUT2D eigenvalue weighted by Crippen LogP contribution is -2.45. The van der Waals surface area contributed by atoms with Gasteiger partial charge in [-0.1, -0.05) is 0 Å². The summed E-state index contributed by atoms with van der Waals surface area (Å²) in [6.45, 7) is 4.15. The van der Waals surface area contributed by atoms with E-state index in [0.717, 1.165) is 11.0 Å². The fourth-order valence-electron chi connectivity index (χ4n) is 0.978. The lowest BCUT2D eigenvalue weighted by Gasteiger charge is -2.24. The second-order valence-corrected chi connectivity index (χ2v) is 3.99. The second kappa shape index (κ2) is 5.11. The van der Waals surface area contributed by atoms with Gasteiger partial charge in [-0.2, -0.15) is 5.12 Å². The molecule has 1 aliphatic heterocycles. The molecule has 0 aromatic carbocycles. The third kappa shape index (κ3) is 3.12. The van der Waals surface area contributed by atoms with Gasteiger partial charge < -0.3 is 10.6 Å². The van der Waals surface area contributed by atoms with Crippen LogP contribution in [-0.2, 0) is 0 Å². The fraction of sp³-hybridized carbons (Fsp3) is 0.625. The molecule has 1 aliphatic rings. The first-order valence-electron chi connectivity index (χ1n) is 4.50. The zero-order chi connectivity index (χ0) is 10.6. The topological polar surface area (TPSA) is 51.7 Å². The van der Waals surface area contributed by atoms with Crippen LogP contribution in [0.3, 0.4) is 0 Å². The molecular weight excluding hydrogens is 198 g/mol. The molecular formula is C8H17N5S. The van der Waals surface area contributed by atoms with Crippen molar-refractivity contribution in [1.82, 2.24) is 21.2 Å². The lowest BCUT2D eigenvalue weighted by atomic mass is 10.4. The molecule has 1 rings (SSSR count). The van der Waals surface area contributed by atoms with Crippen LogP contribution in [-0.4, -0.2) is 30.4 Å². The second-order valence-electron chi connectivity index (χ2n) is 3.14. The Morgan fingerprint density at radius 3 is 2.79 bits per heavy atom. The summed E-state index contributed by atoms with van der Waals surface area (Å²) in [5, 5.41) is 13.4. The summed E-state index contributed by atoms with van der Waals surface area (Å²) < 4.78 is 0. The largest absolute Gasteiger partial charge is 0.352 e. The summed E-state index contributed by atoms with van der Waals surface area (Å²) in [5.41, 5.74) is 2.95. The highest BCUT2D eigenvalue weighted by atomic mass is 32.2. The van der Waals surface area contributed by atoms with Crippen molar-refractivity contribution in [3.05, 3.63) is 11.2 Å². The van der Waals surface area contributed by atoms with Crippen LogP contribution in [0.5, 0.6) is 0 Å². The summed E-state index contributed by atoms with van der Waals surface area (Å²) in [5.74, 6) is 0.765. The Morgan fingerprint density at radius 2 is 2.29 bits per heavy atom. The molecule has 0 amide bonds. The number of hydrogen-bond acceptors (Lipinski definition) is 6. The van der Waals surface area contributed by atoms with Gasteiger partial charge in [-0.05, 0) is 20.1 Å². The highest BCUT2D eigenvalue weighted by Gasteiger charge is 2.11. The highest BCUT2D eigenvalue weighted by Crippen LogP contribution is 2.11. The van der Waals surface area contributed by atoms with Gasteiger partial charge in [0.25, 0.3) is 0 Å². The average molecular weight is 215 g/mol. The van der Waals surface area contributed by atoms with Crippen molar-refractivity contribution in [2.45, 2.75) is 19.9 Å². The maximum atomic E-state index is 4.27. The van der Waals surface area contributed by atoms with Crippen LogP contribution in [0.4, 0.5) is 0 Å². The van der Waals surface area contributed by atoms with E-state index in [1.807, 2.05) is 19.5 Å². The van der Waals surface area contributed by atoms with Gasteiger partial charge >= 0.3 is 0 Å². The van der Waals surface area contributed by atoms with E-state index in [1.54, 1.807) is 16.9 Å². The van der Waals surface area contributed by atoms with Gasteiger partial charge in [-0.3, -0.25) is 0 Å². The van der Waals surface area contributed by atoms with E-state index < -0.39 is 0 Å². The highest BCUT2D eigenvalue weighted by molar-refractivity contribution is 8.02. The summed E-state index contributed by atoms with van der Waals surface area (Å²) in [7, 11) is 1.83. The van der Waals surface area contributed by atoms with E-state index in [9.17, 15) is 0 Å². The van der Waals surface area contributed by atoms with Gasteiger partial charge in [0.2, 0.25) is 5.96 Å². The van der Waals surface area contributed by atoms with Crippen LogP contribution in [0.15, 0.2) is 16.3 Å². The molecule has 3 N–H and O–H groups in total. The van der Waals surface area contributed by atoms with Crippen LogP contribution in [0.25, 0.3) is 0 Å². The minimum atomic E-state index is 0.362. The van der Waals surface area contributed by atoms with Gasteiger partial charge in [0, 0.05) is 13.1 Å². The fourth-order valence-corrected chi connectivity index (χ4v) is 1.38. The zero-order valence-electron chi connectivity index (χ0n) is 8.96. The zero-order valence-corrected chi connectivity index (χ0v) is 9.77. The minimum absolute atomic E-state index is 0.362. The molecule has 0 spiro atoms. The predicted octanol–water partition coefficient (Wildman–Crippen LogP) is 0.457. The molecule has 14 heavy (non-hydrogen) atoms. The molecule has 5 nitrogen and oxygen atoms in total. The molecule has 0 atom stereocenters. The lowest BCUT2D eigenvalue weighted by molar-refractivity contribution is 0.304. The van der Waals surface area contributed by atoms with Crippen LogP contribution in [0.1, 0.15) is 13.8 Å². The molecule has 0 saturated carbocycles. The van der Waals surface area contributed by atoms with Crippen molar-refractivity contribution in [3.8, 4) is 0 Å². The number of guanidine groups is 1. The van der Waals surface area contributed by atoms with E-state index in [4.69, 9.17) is 0 Å². The molecule has 6 heteroatoms. The maximum Gasteiger partial charge on any atom is 0.221 e. The van der Waals surface area contributed by atoms with Crippen molar-refractivity contribution in [2.24, 2.45) is 5.10 Å². The molecule has 0 saturated heterocycles. The SMILES string of the molecule is CNN1C=C(SC)NC(NC(C)C)=N1. The average Bonchev–Trinajstić information content (AvgIpc) is 2.16. The minimum Gasteiger partial charge on any atom is -0.352 e. The van der Waals surface area contributed by atoms with Crippen molar-refractivity contribution in [1.29, 1.82) is 0 Å². The van der Waals surface area contributed by atoms with Gasteiger partial charge in [0.1, 0.15) is 0 Å². The summed E-state index contributed by atoms with van der Waals surface area (Å²) in [6.07, 6.45) is 3.92. The standard InChI is InChI=1S/C8H17N5S/c1-6(2)10-8-11-7(14-4)5-13(9-3)12-8/h5-6,9H,1-4H3,(H2,10,11,12). The number of nitrogens with zero attached hydrogens (tertiary/aromatic N) is 2. The third-order valence-electron chi connectivity index (χ3n) is 1.56. The third-order valence-corrected chi connectivity index (χ3v) is 2.21. The van der Waals surface area contributed by atoms with Crippen LogP contribution in [0, 0.1) is 0 Å². The molecule has 0 fully saturated rings. The van der Waals surface area contributed by atoms with Crippen molar-refractivity contribution in [2.75, 3.05) is 13.3 Å². The number of hydrogen-bond donors (Lipinski definition) is 3. The van der Waals surface area contributed by atoms with Gasteiger partial charge in [0.05, 0.1) is 11.2 Å². The molecule has 0 radical (unpaired) electrons. The molecule has 0 aliphatic carbocycles. The number of thioether (sulfide) groups is 1. The van der Waals surface area contributed by atoms with Crippen LogP contribution < -0.4 is 16.1 Å². The monoisotopic (exact) mass is 215 g/mol. The smallest absolute Gasteiger partial charge is 0.221 e. The van der Waals surface area contributed by atoms with Gasteiger partial charge in [-0.25, -0.2) is 5.43 Å². The van der Waals surface area contributed by atoms with Gasteiger partial charge in [0.15, 0.2) is 0 Å². The van der Waals surface area contributed by atoms with Crippen molar-refractivity contribution >= 4 is 17.7 Å². The Kier molecular flexibility index (Phi) is 4.09. The van der Waals surface area contributed by atoms with E-state index in [2.05, 4.69) is 35.0 Å². The normalized spacial score (nSPS) is 16.2. The van der Waals surface area contributed by atoms with Crippen molar-refractivity contribution in [3.63, 3.8) is 0 Å². The van der Waals surface area contributed by atoms with E-state index >= 15 is 0 Å². The number of rotatable bonds is 3. The Morgan fingerprint density at radius 1 is 1.57 bits per heavy atom. The van der Waals surface area contributed by atoms with Gasteiger partial charge in [-0.15, -0.1) is 16.9 Å². The molecule has 80 valence electrons. The Hall–Kier alpha value is -0.880. The van der Waals surface area contributed by atoms with Crippen LogP contribution >= 0.6 is 11.8 Å². The van der Waals surface area contributed by atoms with Crippen molar-refractivity contribution < 1.29 is 0 Å². The summed E-state index contributed by atoms with van der Waals surface area (Å²) in [6, 6.07) is 0.362. The number of hydrazine groups is 1. The number of hydrazone groups is 1. The first-order chi connectivity index (χ1) is 6.65. The molecule has 1 heterocycles. The maximum absolute atomic E-state index is 4.27. The Labute approximate surface area is 89.0 Å². The van der Waals surface area contributed by atoms with Crippen LogP contribution in [0.2, 0.25) is 0 Å². The summed E-state index contributed by atoms with van der Waals surface area (Å²) >= 11 is 1.64. The Bertz CT molecular complexity index is 248. The quantitative estimate of drug-likeness (QED) is 0.638. The van der Waals surface area contributed by atoms with E-state index in [1.165, 1.54) is 0 Å². The van der Waals surface area contributed by atoms with E-state index in [0.29, 0.717) is 6.04 Å². The molecule has 0 aromatic heterocycles. The Balaban J connectivity index is 2.64. The predicted molar refractivity (Wildman–Crippen MR) is 61.3 cm³/mol. The molecule has 0 aromatic rings. The first kappa shape index (κ1) is 11.2. The molecule has 0 unspecified atom stereocenters. The first-order valence-corrected chi connectivity index (χ1v) is 5.72. The van der Waals surface area contributed by atoms with E-state index in [-0.39, 0.29) is 0 Å².